The van der Waals surface area contributed by atoms with Crippen LogP contribution in [0.4, 0.5) is 4.39 Å². The molecule has 0 unspecified atom stereocenters. The van der Waals surface area contributed by atoms with Crippen LogP contribution >= 0.6 is 0 Å². The van der Waals surface area contributed by atoms with Crippen molar-refractivity contribution < 1.29 is 17.9 Å². The molecule has 1 rings (SSSR count). The third-order valence-electron chi connectivity index (χ3n) is 2.97. The van der Waals surface area contributed by atoms with E-state index in [9.17, 15) is 12.8 Å². The van der Waals surface area contributed by atoms with Crippen molar-refractivity contribution >= 4 is 10.0 Å². The number of benzene rings is 1. The summed E-state index contributed by atoms with van der Waals surface area (Å²) in [6.07, 6.45) is 2.77. The zero-order valence-corrected chi connectivity index (χ0v) is 12.1. The highest BCUT2D eigenvalue weighted by Crippen LogP contribution is 2.18. The molecular weight excluding hydrogens is 269 g/mol. The van der Waals surface area contributed by atoms with E-state index in [0.717, 1.165) is 25.3 Å². The Hall–Kier alpha value is -0.980. The van der Waals surface area contributed by atoms with Gasteiger partial charge in [-0.05, 0) is 24.6 Å². The standard InChI is InChI=1S/C13H20FNO3S/c1-3-4-5-8-15(2)19(17,18)12-6-7-13(14)11(9-12)10-16/h6-7,9,16H,3-5,8,10H2,1-2H3. The van der Waals surface area contributed by atoms with Gasteiger partial charge in [-0.2, -0.15) is 0 Å². The number of halogens is 1. The van der Waals surface area contributed by atoms with Crippen molar-refractivity contribution in [2.45, 2.75) is 37.7 Å². The number of nitrogens with zero attached hydrogens (tertiary/aromatic N) is 1. The fraction of sp³-hybridized carbons (Fsp3) is 0.538. The van der Waals surface area contributed by atoms with Crippen molar-refractivity contribution in [3.63, 3.8) is 0 Å². The lowest BCUT2D eigenvalue weighted by Gasteiger charge is -2.17. The molecule has 0 aliphatic carbocycles. The van der Waals surface area contributed by atoms with Gasteiger partial charge in [0.1, 0.15) is 5.82 Å². The van der Waals surface area contributed by atoms with Gasteiger partial charge < -0.3 is 5.11 Å². The second-order valence-electron chi connectivity index (χ2n) is 4.45. The fourth-order valence-electron chi connectivity index (χ4n) is 1.72. The topological polar surface area (TPSA) is 57.6 Å². The van der Waals surface area contributed by atoms with Crippen LogP contribution < -0.4 is 0 Å². The van der Waals surface area contributed by atoms with Crippen molar-refractivity contribution in [2.24, 2.45) is 0 Å². The van der Waals surface area contributed by atoms with E-state index >= 15 is 0 Å². The van der Waals surface area contributed by atoms with E-state index in [1.807, 2.05) is 6.92 Å². The van der Waals surface area contributed by atoms with Crippen molar-refractivity contribution in [3.8, 4) is 0 Å². The van der Waals surface area contributed by atoms with E-state index < -0.39 is 22.4 Å². The minimum absolute atomic E-state index is 0.0111. The van der Waals surface area contributed by atoms with Gasteiger partial charge >= 0.3 is 0 Å². The molecule has 0 fully saturated rings. The smallest absolute Gasteiger partial charge is 0.242 e. The summed E-state index contributed by atoms with van der Waals surface area (Å²) in [6, 6.07) is 3.47. The zero-order valence-electron chi connectivity index (χ0n) is 11.3. The third-order valence-corrected chi connectivity index (χ3v) is 4.83. The Kier molecular flexibility index (Phi) is 5.90. The van der Waals surface area contributed by atoms with Crippen LogP contribution in [0.15, 0.2) is 23.1 Å². The summed E-state index contributed by atoms with van der Waals surface area (Å²) in [5.41, 5.74) is -0.0111. The Labute approximate surface area is 113 Å². The van der Waals surface area contributed by atoms with Gasteiger partial charge in [-0.1, -0.05) is 19.8 Å². The molecule has 0 aliphatic rings. The number of aliphatic hydroxyl groups is 1. The van der Waals surface area contributed by atoms with Crippen molar-refractivity contribution in [2.75, 3.05) is 13.6 Å². The zero-order chi connectivity index (χ0) is 14.5. The van der Waals surface area contributed by atoms with Crippen LogP contribution in [0, 0.1) is 5.82 Å². The van der Waals surface area contributed by atoms with E-state index in [-0.39, 0.29) is 10.5 Å². The first-order chi connectivity index (χ1) is 8.93. The molecule has 0 radical (unpaired) electrons. The minimum Gasteiger partial charge on any atom is -0.392 e. The minimum atomic E-state index is -3.61. The summed E-state index contributed by atoms with van der Waals surface area (Å²) in [6.45, 7) is 1.96. The Morgan fingerprint density at radius 1 is 1.32 bits per heavy atom. The van der Waals surface area contributed by atoms with Gasteiger partial charge in [0.15, 0.2) is 0 Å². The SMILES string of the molecule is CCCCCN(C)S(=O)(=O)c1ccc(F)c(CO)c1. The maximum Gasteiger partial charge on any atom is 0.242 e. The molecule has 6 heteroatoms. The second kappa shape index (κ2) is 6.98. The number of rotatable bonds is 7. The van der Waals surface area contributed by atoms with Gasteiger partial charge in [0.2, 0.25) is 10.0 Å². The lowest BCUT2D eigenvalue weighted by molar-refractivity contribution is 0.275. The summed E-state index contributed by atoms with van der Waals surface area (Å²) in [4.78, 5) is 0.0111. The molecule has 4 nitrogen and oxygen atoms in total. The molecular formula is C13H20FNO3S. The maximum absolute atomic E-state index is 13.2. The van der Waals surface area contributed by atoms with Crippen LogP contribution in [0.5, 0.6) is 0 Å². The van der Waals surface area contributed by atoms with E-state index in [0.29, 0.717) is 6.54 Å². The Morgan fingerprint density at radius 3 is 2.58 bits per heavy atom. The van der Waals surface area contributed by atoms with Gasteiger partial charge in [-0.15, -0.1) is 0 Å². The molecule has 1 aromatic carbocycles. The predicted molar refractivity (Wildman–Crippen MR) is 71.7 cm³/mol. The Bertz CT molecular complexity index is 517. The first-order valence-electron chi connectivity index (χ1n) is 6.29. The van der Waals surface area contributed by atoms with Gasteiger partial charge in [-0.3, -0.25) is 0 Å². The van der Waals surface area contributed by atoms with Crippen LogP contribution in [0.25, 0.3) is 0 Å². The van der Waals surface area contributed by atoms with Crippen LogP contribution in [-0.2, 0) is 16.6 Å². The van der Waals surface area contributed by atoms with Gasteiger partial charge in [0.05, 0.1) is 11.5 Å². The monoisotopic (exact) mass is 289 g/mol. The van der Waals surface area contributed by atoms with E-state index in [1.165, 1.54) is 23.5 Å². The van der Waals surface area contributed by atoms with E-state index in [1.54, 1.807) is 0 Å². The number of sulfonamides is 1. The van der Waals surface area contributed by atoms with E-state index in [4.69, 9.17) is 5.11 Å². The average Bonchev–Trinajstić information content (AvgIpc) is 2.39. The first kappa shape index (κ1) is 16.1. The molecule has 1 aromatic rings. The third kappa shape index (κ3) is 3.99. The lowest BCUT2D eigenvalue weighted by Crippen LogP contribution is -2.28. The van der Waals surface area contributed by atoms with Crippen LogP contribution in [-0.4, -0.2) is 31.4 Å². The molecule has 0 bridgehead atoms. The Balaban J connectivity index is 2.93. The molecule has 0 aliphatic heterocycles. The molecule has 0 aromatic heterocycles. The van der Waals surface area contributed by atoms with Crippen molar-refractivity contribution in [1.29, 1.82) is 0 Å². The normalized spacial score (nSPS) is 12.1. The summed E-state index contributed by atoms with van der Waals surface area (Å²) in [7, 11) is -2.11. The lowest BCUT2D eigenvalue weighted by atomic mass is 10.2. The average molecular weight is 289 g/mol. The quantitative estimate of drug-likeness (QED) is 0.782. The van der Waals surface area contributed by atoms with E-state index in [2.05, 4.69) is 0 Å². The van der Waals surface area contributed by atoms with Gasteiger partial charge in [0.25, 0.3) is 0 Å². The Morgan fingerprint density at radius 2 is 2.00 bits per heavy atom. The number of hydrogen-bond acceptors (Lipinski definition) is 3. The molecule has 0 atom stereocenters. The fourth-order valence-corrected chi connectivity index (χ4v) is 2.98. The number of unbranched alkanes of at least 4 members (excludes halogenated alkanes) is 2. The van der Waals surface area contributed by atoms with Crippen LogP contribution in [0.2, 0.25) is 0 Å². The van der Waals surface area contributed by atoms with Gasteiger partial charge in [0, 0.05) is 19.2 Å². The number of aliphatic hydroxyl groups excluding tert-OH is 1. The maximum atomic E-state index is 13.2. The largest absolute Gasteiger partial charge is 0.392 e. The van der Waals surface area contributed by atoms with Crippen molar-refractivity contribution in [1.82, 2.24) is 4.31 Å². The number of hydrogen-bond donors (Lipinski definition) is 1. The van der Waals surface area contributed by atoms with Crippen LogP contribution in [0.3, 0.4) is 0 Å². The highest BCUT2D eigenvalue weighted by Gasteiger charge is 2.21. The molecule has 1 N–H and O–H groups in total. The van der Waals surface area contributed by atoms with Crippen molar-refractivity contribution in [3.05, 3.63) is 29.6 Å². The summed E-state index contributed by atoms with van der Waals surface area (Å²) in [5.74, 6) is -0.602. The molecule has 0 amide bonds. The highest BCUT2D eigenvalue weighted by atomic mass is 32.2. The molecule has 0 heterocycles. The highest BCUT2D eigenvalue weighted by molar-refractivity contribution is 7.89. The molecule has 0 saturated carbocycles. The second-order valence-corrected chi connectivity index (χ2v) is 6.49. The summed E-state index contributed by atoms with van der Waals surface area (Å²) in [5, 5.41) is 8.97. The first-order valence-corrected chi connectivity index (χ1v) is 7.73. The van der Waals surface area contributed by atoms with Gasteiger partial charge in [-0.25, -0.2) is 17.1 Å². The summed E-state index contributed by atoms with van der Waals surface area (Å²) < 4.78 is 39.0. The predicted octanol–water partition coefficient (Wildman–Crippen LogP) is 2.13. The van der Waals surface area contributed by atoms with Crippen LogP contribution in [0.1, 0.15) is 31.7 Å². The molecule has 0 saturated heterocycles. The summed E-state index contributed by atoms with van der Waals surface area (Å²) >= 11 is 0. The molecule has 19 heavy (non-hydrogen) atoms. The molecule has 108 valence electrons. The molecule has 0 spiro atoms.